The summed E-state index contributed by atoms with van der Waals surface area (Å²) in [5.74, 6) is 1.15. The molecule has 2 aromatic heterocycles. The quantitative estimate of drug-likeness (QED) is 0.788. The van der Waals surface area contributed by atoms with Crippen LogP contribution in [0.1, 0.15) is 36.1 Å². The van der Waals surface area contributed by atoms with Gasteiger partial charge >= 0.3 is 0 Å². The first-order valence-corrected chi connectivity index (χ1v) is 7.82. The van der Waals surface area contributed by atoms with Crippen LogP contribution in [-0.4, -0.2) is 43.5 Å². The Hall–Kier alpha value is -2.08. The first kappa shape index (κ1) is 14.8. The lowest BCUT2D eigenvalue weighted by molar-refractivity contribution is 0.0801. The number of aromatic nitrogens is 4. The number of hydrogen-bond donors (Lipinski definition) is 0. The van der Waals surface area contributed by atoms with E-state index in [1.54, 1.807) is 18.6 Å². The Balaban J connectivity index is 1.65. The van der Waals surface area contributed by atoms with Crippen molar-refractivity contribution in [2.75, 3.05) is 13.1 Å². The molecule has 1 atom stereocenters. The van der Waals surface area contributed by atoms with Crippen molar-refractivity contribution in [1.29, 1.82) is 0 Å². The highest BCUT2D eigenvalue weighted by Gasteiger charge is 2.27. The SMILES string of the molecule is CCn1ncnc1CN1CCC[C@@H](C(=O)c2ccccn2)C1. The number of hydrogen-bond acceptors (Lipinski definition) is 5. The predicted molar refractivity (Wildman–Crippen MR) is 82.3 cm³/mol. The zero-order valence-electron chi connectivity index (χ0n) is 12.9. The molecule has 1 aliphatic rings. The molecule has 0 bridgehead atoms. The van der Waals surface area contributed by atoms with Crippen molar-refractivity contribution in [1.82, 2.24) is 24.6 Å². The average Bonchev–Trinajstić information content (AvgIpc) is 3.02. The molecule has 0 radical (unpaired) electrons. The fraction of sp³-hybridized carbons (Fsp3) is 0.500. The maximum atomic E-state index is 12.5. The van der Waals surface area contributed by atoms with Gasteiger partial charge in [0.2, 0.25) is 0 Å². The monoisotopic (exact) mass is 299 g/mol. The molecule has 1 saturated heterocycles. The molecule has 0 N–H and O–H groups in total. The molecule has 3 rings (SSSR count). The fourth-order valence-corrected chi connectivity index (χ4v) is 3.01. The van der Waals surface area contributed by atoms with E-state index < -0.39 is 0 Å². The Bertz CT molecular complexity index is 624. The van der Waals surface area contributed by atoms with E-state index in [1.165, 1.54) is 0 Å². The molecule has 3 heterocycles. The normalized spacial score (nSPS) is 19.2. The van der Waals surface area contributed by atoms with Gasteiger partial charge in [-0.1, -0.05) is 6.07 Å². The second kappa shape index (κ2) is 6.79. The molecule has 0 aromatic carbocycles. The largest absolute Gasteiger partial charge is 0.295 e. The molecule has 0 spiro atoms. The van der Waals surface area contributed by atoms with E-state index in [0.717, 1.165) is 44.8 Å². The van der Waals surface area contributed by atoms with Crippen molar-refractivity contribution in [2.24, 2.45) is 5.92 Å². The van der Waals surface area contributed by atoms with Crippen LogP contribution in [0.25, 0.3) is 0 Å². The molecule has 116 valence electrons. The third-order valence-electron chi connectivity index (χ3n) is 4.15. The first-order chi connectivity index (χ1) is 10.8. The summed E-state index contributed by atoms with van der Waals surface area (Å²) in [4.78, 5) is 23.4. The van der Waals surface area contributed by atoms with Gasteiger partial charge in [-0.25, -0.2) is 9.67 Å². The van der Waals surface area contributed by atoms with Crippen LogP contribution in [0.3, 0.4) is 0 Å². The molecule has 1 aliphatic heterocycles. The third-order valence-corrected chi connectivity index (χ3v) is 4.15. The number of pyridine rings is 1. The number of rotatable bonds is 5. The summed E-state index contributed by atoms with van der Waals surface area (Å²) in [5, 5.41) is 4.20. The molecular formula is C16H21N5O. The highest BCUT2D eigenvalue weighted by molar-refractivity contribution is 5.96. The lowest BCUT2D eigenvalue weighted by Crippen LogP contribution is -2.39. The van der Waals surface area contributed by atoms with Crippen LogP contribution in [0.4, 0.5) is 0 Å². The van der Waals surface area contributed by atoms with Crippen LogP contribution in [-0.2, 0) is 13.1 Å². The van der Waals surface area contributed by atoms with Crippen molar-refractivity contribution in [3.8, 4) is 0 Å². The molecule has 0 aliphatic carbocycles. The molecule has 22 heavy (non-hydrogen) atoms. The van der Waals surface area contributed by atoms with Crippen molar-refractivity contribution in [2.45, 2.75) is 32.9 Å². The van der Waals surface area contributed by atoms with E-state index in [-0.39, 0.29) is 11.7 Å². The minimum atomic E-state index is 0.0293. The molecule has 6 heteroatoms. The van der Waals surface area contributed by atoms with E-state index in [1.807, 2.05) is 16.8 Å². The van der Waals surface area contributed by atoms with Gasteiger partial charge < -0.3 is 0 Å². The molecule has 0 saturated carbocycles. The lowest BCUT2D eigenvalue weighted by atomic mass is 9.92. The van der Waals surface area contributed by atoms with E-state index in [2.05, 4.69) is 26.9 Å². The Morgan fingerprint density at radius 1 is 1.36 bits per heavy atom. The van der Waals surface area contributed by atoms with E-state index in [9.17, 15) is 4.79 Å². The zero-order valence-corrected chi connectivity index (χ0v) is 12.9. The summed E-state index contributed by atoms with van der Waals surface area (Å²) in [6.07, 6.45) is 5.24. The first-order valence-electron chi connectivity index (χ1n) is 7.82. The van der Waals surface area contributed by atoms with Crippen LogP contribution >= 0.6 is 0 Å². The van der Waals surface area contributed by atoms with Gasteiger partial charge in [-0.2, -0.15) is 5.10 Å². The second-order valence-corrected chi connectivity index (χ2v) is 5.65. The molecular weight excluding hydrogens is 278 g/mol. The van der Waals surface area contributed by atoms with Gasteiger partial charge in [0.05, 0.1) is 6.54 Å². The van der Waals surface area contributed by atoms with E-state index in [0.29, 0.717) is 5.69 Å². The number of Topliss-reactive ketones (excluding diaryl/α,β-unsaturated/α-hetero) is 1. The number of likely N-dealkylation sites (tertiary alicyclic amines) is 1. The molecule has 0 amide bonds. The maximum Gasteiger partial charge on any atom is 0.185 e. The minimum Gasteiger partial charge on any atom is -0.295 e. The van der Waals surface area contributed by atoms with Crippen LogP contribution in [0, 0.1) is 5.92 Å². The van der Waals surface area contributed by atoms with E-state index >= 15 is 0 Å². The van der Waals surface area contributed by atoms with Gasteiger partial charge in [0, 0.05) is 25.2 Å². The number of piperidine rings is 1. The summed E-state index contributed by atoms with van der Waals surface area (Å²) in [7, 11) is 0. The highest BCUT2D eigenvalue weighted by Crippen LogP contribution is 2.21. The Labute approximate surface area is 130 Å². The summed E-state index contributed by atoms with van der Waals surface area (Å²) in [6, 6.07) is 5.50. The van der Waals surface area contributed by atoms with Gasteiger partial charge in [0.1, 0.15) is 17.8 Å². The van der Waals surface area contributed by atoms with E-state index in [4.69, 9.17) is 0 Å². The molecule has 1 fully saturated rings. The number of aryl methyl sites for hydroxylation is 1. The van der Waals surface area contributed by atoms with Gasteiger partial charge in [-0.15, -0.1) is 0 Å². The molecule has 0 unspecified atom stereocenters. The summed E-state index contributed by atoms with van der Waals surface area (Å²) in [6.45, 7) is 5.40. The zero-order chi connectivity index (χ0) is 15.4. The van der Waals surface area contributed by atoms with Crippen LogP contribution in [0.2, 0.25) is 0 Å². The predicted octanol–water partition coefficient (Wildman–Crippen LogP) is 1.79. The van der Waals surface area contributed by atoms with Gasteiger partial charge in [0.15, 0.2) is 5.78 Å². The summed E-state index contributed by atoms with van der Waals surface area (Å²) < 4.78 is 1.91. The minimum absolute atomic E-state index is 0.0293. The molecule has 2 aromatic rings. The molecule has 6 nitrogen and oxygen atoms in total. The van der Waals surface area contributed by atoms with Crippen molar-refractivity contribution in [3.63, 3.8) is 0 Å². The Morgan fingerprint density at radius 2 is 2.27 bits per heavy atom. The van der Waals surface area contributed by atoms with Crippen LogP contribution in [0.15, 0.2) is 30.7 Å². The maximum absolute atomic E-state index is 12.5. The van der Waals surface area contributed by atoms with Gasteiger partial charge in [0.25, 0.3) is 0 Å². The standard InChI is InChI=1S/C16H21N5O/c1-2-21-15(18-12-19-21)11-20-9-5-6-13(10-20)16(22)14-7-3-4-8-17-14/h3-4,7-8,12-13H,2,5-6,9-11H2,1H3/t13-/m1/s1. The van der Waals surface area contributed by atoms with Gasteiger partial charge in [-0.3, -0.25) is 14.7 Å². The smallest absolute Gasteiger partial charge is 0.185 e. The lowest BCUT2D eigenvalue weighted by Gasteiger charge is -2.31. The number of carbonyl (C=O) groups excluding carboxylic acids is 1. The highest BCUT2D eigenvalue weighted by atomic mass is 16.1. The summed E-state index contributed by atoms with van der Waals surface area (Å²) in [5.41, 5.74) is 0.575. The Kier molecular flexibility index (Phi) is 4.58. The van der Waals surface area contributed by atoms with Crippen molar-refractivity contribution >= 4 is 5.78 Å². The average molecular weight is 299 g/mol. The van der Waals surface area contributed by atoms with Crippen molar-refractivity contribution in [3.05, 3.63) is 42.2 Å². The topological polar surface area (TPSA) is 63.9 Å². The second-order valence-electron chi connectivity index (χ2n) is 5.65. The van der Waals surface area contributed by atoms with Crippen molar-refractivity contribution < 1.29 is 4.79 Å². The fourth-order valence-electron chi connectivity index (χ4n) is 3.01. The van der Waals surface area contributed by atoms with Crippen LogP contribution < -0.4 is 0 Å². The third kappa shape index (κ3) is 3.22. The number of carbonyl (C=O) groups is 1. The Morgan fingerprint density at radius 3 is 3.05 bits per heavy atom. The number of nitrogens with zero attached hydrogens (tertiary/aromatic N) is 5. The summed E-state index contributed by atoms with van der Waals surface area (Å²) >= 11 is 0. The van der Waals surface area contributed by atoms with Crippen LogP contribution in [0.5, 0.6) is 0 Å². The number of ketones is 1. The van der Waals surface area contributed by atoms with Gasteiger partial charge in [-0.05, 0) is 38.4 Å².